The molecule has 4 aromatic rings. The van der Waals surface area contributed by atoms with Crippen molar-refractivity contribution in [2.24, 2.45) is 0 Å². The number of rotatable bonds is 13. The number of aromatic amines is 1. The Kier molecular flexibility index (Phi) is 9.66. The summed E-state index contributed by atoms with van der Waals surface area (Å²) < 4.78 is 47.6. The van der Waals surface area contributed by atoms with E-state index in [2.05, 4.69) is 22.1 Å². The van der Waals surface area contributed by atoms with Gasteiger partial charge < -0.3 is 15.0 Å². The molecule has 40 heavy (non-hydrogen) atoms. The van der Waals surface area contributed by atoms with Gasteiger partial charge in [-0.05, 0) is 71.5 Å². The molecule has 3 aromatic carbocycles. The second-order valence-corrected chi connectivity index (χ2v) is 9.87. The molecule has 0 radical (unpaired) electrons. The van der Waals surface area contributed by atoms with E-state index in [1.54, 1.807) is 36.5 Å². The highest BCUT2D eigenvalue weighted by molar-refractivity contribution is 6.00. The van der Waals surface area contributed by atoms with E-state index in [9.17, 15) is 13.2 Å². The Labute approximate surface area is 233 Å². The first kappa shape index (κ1) is 29.0. The Bertz CT molecular complexity index is 1420. The third-order valence-corrected chi connectivity index (χ3v) is 6.67. The smallest absolute Gasteiger partial charge is 0.393 e. The van der Waals surface area contributed by atoms with Crippen molar-refractivity contribution in [3.8, 4) is 5.75 Å². The summed E-state index contributed by atoms with van der Waals surface area (Å²) in [6.07, 6.45) is -1.84. The number of nitrogens with zero attached hydrogens (tertiary/aromatic N) is 2. The van der Waals surface area contributed by atoms with Gasteiger partial charge in [0, 0.05) is 31.7 Å². The lowest BCUT2D eigenvalue weighted by Crippen LogP contribution is -2.22. The highest BCUT2D eigenvalue weighted by atomic mass is 19.4. The lowest BCUT2D eigenvalue weighted by molar-refractivity contribution is -0.122. The number of fused-ring (bicyclic) bond motifs is 1. The van der Waals surface area contributed by atoms with Gasteiger partial charge in [0.2, 0.25) is 0 Å². The summed E-state index contributed by atoms with van der Waals surface area (Å²) in [6.45, 7) is 6.07. The minimum absolute atomic E-state index is 0.214. The number of ether oxygens (including phenoxy) is 1. The van der Waals surface area contributed by atoms with Crippen molar-refractivity contribution in [2.75, 3.05) is 33.8 Å². The normalized spacial score (nSPS) is 12.3. The summed E-state index contributed by atoms with van der Waals surface area (Å²) in [7, 11) is 3.98. The van der Waals surface area contributed by atoms with Gasteiger partial charge in [0.1, 0.15) is 12.4 Å². The van der Waals surface area contributed by atoms with Crippen molar-refractivity contribution >= 4 is 22.0 Å². The molecule has 4 rings (SSSR count). The van der Waals surface area contributed by atoms with E-state index in [1.807, 2.05) is 61.5 Å². The van der Waals surface area contributed by atoms with Crippen molar-refractivity contribution in [2.45, 2.75) is 25.4 Å². The largest absolute Gasteiger partial charge is 0.492 e. The van der Waals surface area contributed by atoms with Crippen LogP contribution in [0.5, 0.6) is 5.75 Å². The van der Waals surface area contributed by atoms with Crippen molar-refractivity contribution < 1.29 is 17.9 Å². The molecule has 0 fully saturated rings. The number of hydrogen-bond donors (Lipinski definition) is 2. The molecule has 1 aromatic heterocycles. The maximum atomic E-state index is 13.9. The number of allylic oxidation sites excluding steroid dienone is 2. The fourth-order valence-corrected chi connectivity index (χ4v) is 4.51. The zero-order chi connectivity index (χ0) is 28.5. The van der Waals surface area contributed by atoms with Crippen LogP contribution in [-0.4, -0.2) is 55.1 Å². The Balaban J connectivity index is 1.56. The summed E-state index contributed by atoms with van der Waals surface area (Å²) in [5.74, 6) is 0.660. The van der Waals surface area contributed by atoms with Crippen LogP contribution in [0.4, 0.5) is 13.2 Å². The summed E-state index contributed by atoms with van der Waals surface area (Å²) in [5.41, 5.74) is 4.55. The third-order valence-electron chi connectivity index (χ3n) is 6.67. The van der Waals surface area contributed by atoms with E-state index in [0.717, 1.165) is 36.0 Å². The minimum atomic E-state index is -4.38. The lowest BCUT2D eigenvalue weighted by Gasteiger charge is -2.19. The van der Waals surface area contributed by atoms with Gasteiger partial charge in [0.25, 0.3) is 0 Å². The van der Waals surface area contributed by atoms with Gasteiger partial charge in [-0.15, -0.1) is 0 Å². The molecule has 0 aliphatic carbocycles. The van der Waals surface area contributed by atoms with Crippen LogP contribution in [-0.2, 0) is 0 Å². The van der Waals surface area contributed by atoms with Crippen LogP contribution >= 0.6 is 0 Å². The fraction of sp³-hybridized carbons (Fsp3) is 0.281. The number of H-pyrrole nitrogens is 1. The van der Waals surface area contributed by atoms with Gasteiger partial charge in [-0.2, -0.15) is 18.3 Å². The molecule has 0 saturated carbocycles. The van der Waals surface area contributed by atoms with E-state index in [4.69, 9.17) is 4.74 Å². The van der Waals surface area contributed by atoms with Gasteiger partial charge in [-0.1, -0.05) is 55.1 Å². The average molecular weight is 549 g/mol. The van der Waals surface area contributed by atoms with E-state index in [0.29, 0.717) is 41.2 Å². The number of benzene rings is 3. The Morgan fingerprint density at radius 3 is 2.38 bits per heavy atom. The van der Waals surface area contributed by atoms with Crippen LogP contribution in [0.2, 0.25) is 0 Å². The van der Waals surface area contributed by atoms with E-state index >= 15 is 0 Å². The van der Waals surface area contributed by atoms with Crippen LogP contribution in [0.3, 0.4) is 0 Å². The van der Waals surface area contributed by atoms with E-state index in [-0.39, 0.29) is 5.57 Å². The van der Waals surface area contributed by atoms with Crippen LogP contribution in [0.15, 0.2) is 91.3 Å². The molecule has 8 heteroatoms. The van der Waals surface area contributed by atoms with Crippen molar-refractivity contribution in [1.82, 2.24) is 20.4 Å². The molecule has 0 bridgehead atoms. The number of nitrogens with one attached hydrogen (secondary N) is 2. The topological polar surface area (TPSA) is 53.2 Å². The first-order valence-corrected chi connectivity index (χ1v) is 13.3. The number of hydrogen-bond acceptors (Lipinski definition) is 4. The Morgan fingerprint density at radius 2 is 1.68 bits per heavy atom. The molecule has 0 unspecified atom stereocenters. The summed E-state index contributed by atoms with van der Waals surface area (Å²) in [4.78, 5) is 2.02. The lowest BCUT2D eigenvalue weighted by atomic mass is 9.87. The molecular weight excluding hydrogens is 513 g/mol. The molecule has 0 atom stereocenters. The molecule has 0 saturated heterocycles. The molecule has 210 valence electrons. The average Bonchev–Trinajstić information content (AvgIpc) is 3.41. The minimum Gasteiger partial charge on any atom is -0.492 e. The van der Waals surface area contributed by atoms with Crippen molar-refractivity contribution in [1.29, 1.82) is 0 Å². The highest BCUT2D eigenvalue weighted by Gasteiger charge is 2.31. The van der Waals surface area contributed by atoms with E-state index < -0.39 is 12.6 Å². The molecule has 5 nitrogen and oxygen atoms in total. The zero-order valence-electron chi connectivity index (χ0n) is 22.9. The predicted molar refractivity (Wildman–Crippen MR) is 156 cm³/mol. The molecule has 0 spiro atoms. The molecule has 0 aliphatic rings. The second-order valence-electron chi connectivity index (χ2n) is 9.87. The van der Waals surface area contributed by atoms with Gasteiger partial charge in [0.05, 0.1) is 18.1 Å². The molecule has 0 aliphatic heterocycles. The highest BCUT2D eigenvalue weighted by Crippen LogP contribution is 2.40. The standard InChI is InChI=1S/C32H35F3N4O/c1-23(39(2)3)8-7-17-36-18-19-40-28-14-11-25(12-15-28)31(26-13-16-30-27(20-26)22-37-38-30)29(21-32(33,34)35)24-9-5-4-6-10-24/h4-6,9-16,20,22,36H,1,7-8,17-19,21H2,2-3H3,(H,37,38)/b31-29+. The maximum absolute atomic E-state index is 13.9. The summed E-state index contributed by atoms with van der Waals surface area (Å²) in [5, 5.41) is 11.2. The molecule has 1 heterocycles. The third kappa shape index (κ3) is 7.99. The quantitative estimate of drug-likeness (QED) is 0.136. The first-order valence-electron chi connectivity index (χ1n) is 13.3. The predicted octanol–water partition coefficient (Wildman–Crippen LogP) is 7.30. The Hall–Kier alpha value is -4.04. The number of alkyl halides is 3. The fourth-order valence-electron chi connectivity index (χ4n) is 4.51. The van der Waals surface area contributed by atoms with Gasteiger partial charge in [0.15, 0.2) is 0 Å². The van der Waals surface area contributed by atoms with Crippen LogP contribution in [0.1, 0.15) is 36.0 Å². The Morgan fingerprint density at radius 1 is 0.950 bits per heavy atom. The monoisotopic (exact) mass is 548 g/mol. The summed E-state index contributed by atoms with van der Waals surface area (Å²) in [6, 6.07) is 21.6. The van der Waals surface area contributed by atoms with E-state index in [1.165, 1.54) is 0 Å². The molecular formula is C32H35F3N4O. The van der Waals surface area contributed by atoms with Crippen molar-refractivity contribution in [3.63, 3.8) is 0 Å². The SMILES string of the molecule is C=C(CCCNCCOc1ccc(/C(=C(/CC(F)(F)F)c2ccccc2)c2ccc3[nH]ncc3c2)cc1)N(C)C. The van der Waals surface area contributed by atoms with Gasteiger partial charge in [-0.3, -0.25) is 5.10 Å². The molecule has 2 N–H and O–H groups in total. The number of halogens is 3. The zero-order valence-corrected chi connectivity index (χ0v) is 22.9. The number of aromatic nitrogens is 2. The van der Waals surface area contributed by atoms with Crippen LogP contribution in [0, 0.1) is 0 Å². The van der Waals surface area contributed by atoms with Gasteiger partial charge in [-0.25, -0.2) is 0 Å². The van der Waals surface area contributed by atoms with Crippen LogP contribution in [0.25, 0.3) is 22.0 Å². The van der Waals surface area contributed by atoms with Crippen molar-refractivity contribution in [3.05, 3.63) is 108 Å². The molecule has 0 amide bonds. The maximum Gasteiger partial charge on any atom is 0.393 e. The summed E-state index contributed by atoms with van der Waals surface area (Å²) >= 11 is 0. The van der Waals surface area contributed by atoms with Crippen LogP contribution < -0.4 is 10.1 Å². The second kappa shape index (κ2) is 13.3. The first-order chi connectivity index (χ1) is 19.2. The van der Waals surface area contributed by atoms with Gasteiger partial charge >= 0.3 is 6.18 Å².